The van der Waals surface area contributed by atoms with E-state index >= 15 is 0 Å². The van der Waals surface area contributed by atoms with Gasteiger partial charge in [0.25, 0.3) is 0 Å². The number of hydrogen-bond donors (Lipinski definition) is 1. The number of amides is 1. The van der Waals surface area contributed by atoms with Crippen LogP contribution in [0.15, 0.2) is 34.6 Å². The molecule has 0 bridgehead atoms. The second kappa shape index (κ2) is 9.26. The number of furan rings is 1. The first-order valence-corrected chi connectivity index (χ1v) is 10.5. The molecule has 27 heavy (non-hydrogen) atoms. The molecule has 7 heteroatoms. The fourth-order valence-electron chi connectivity index (χ4n) is 3.48. The molecular weight excluding hydrogens is 360 g/mol. The van der Waals surface area contributed by atoms with Crippen molar-refractivity contribution in [3.8, 4) is 11.4 Å². The summed E-state index contributed by atoms with van der Waals surface area (Å²) >= 11 is 1.43. The minimum absolute atomic E-state index is 0.0553. The zero-order chi connectivity index (χ0) is 19.2. The van der Waals surface area contributed by atoms with Gasteiger partial charge in [-0.2, -0.15) is 0 Å². The molecule has 146 valence electrons. The Kier molecular flexibility index (Phi) is 6.77. The van der Waals surface area contributed by atoms with Gasteiger partial charge in [-0.3, -0.25) is 9.36 Å². The highest BCUT2D eigenvalue weighted by Crippen LogP contribution is 2.29. The van der Waals surface area contributed by atoms with Crippen LogP contribution in [0.3, 0.4) is 0 Å². The van der Waals surface area contributed by atoms with Gasteiger partial charge in [0, 0.05) is 13.1 Å². The zero-order valence-electron chi connectivity index (χ0n) is 16.1. The van der Waals surface area contributed by atoms with Gasteiger partial charge in [0.2, 0.25) is 5.91 Å². The second-order valence-electron chi connectivity index (χ2n) is 7.11. The summed E-state index contributed by atoms with van der Waals surface area (Å²) in [5, 5.41) is 12.2. The molecule has 1 saturated carbocycles. The van der Waals surface area contributed by atoms with E-state index in [9.17, 15) is 4.79 Å². The quantitative estimate of drug-likeness (QED) is 0.542. The molecule has 0 saturated heterocycles. The van der Waals surface area contributed by atoms with Crippen LogP contribution in [0.1, 0.15) is 44.8 Å². The van der Waals surface area contributed by atoms with Crippen molar-refractivity contribution < 1.29 is 9.21 Å². The third kappa shape index (κ3) is 4.83. The van der Waals surface area contributed by atoms with Crippen molar-refractivity contribution in [1.29, 1.82) is 0 Å². The second-order valence-corrected chi connectivity index (χ2v) is 8.41. The van der Waals surface area contributed by atoms with Gasteiger partial charge in [-0.05, 0) is 38.7 Å². The van der Waals surface area contributed by atoms with Crippen LogP contribution in [0.4, 0.5) is 0 Å². The van der Waals surface area contributed by atoms with Crippen LogP contribution in [0.5, 0.6) is 0 Å². The highest BCUT2D eigenvalue weighted by molar-refractivity contribution is 8.00. The SMILES string of the molecule is C=CCn1c(SC(C)C(=O)NCC2CCCCC2)nnc1-c1ccoc1C. The maximum Gasteiger partial charge on any atom is 0.233 e. The van der Waals surface area contributed by atoms with Gasteiger partial charge < -0.3 is 9.73 Å². The number of carbonyl (C=O) groups is 1. The van der Waals surface area contributed by atoms with Crippen LogP contribution in [0.25, 0.3) is 11.4 Å². The maximum atomic E-state index is 12.5. The van der Waals surface area contributed by atoms with E-state index in [1.165, 1.54) is 43.9 Å². The number of aryl methyl sites for hydroxylation is 1. The molecule has 2 aromatic heterocycles. The molecule has 1 unspecified atom stereocenters. The number of nitrogens with one attached hydrogen (secondary N) is 1. The van der Waals surface area contributed by atoms with Gasteiger partial charge in [0.1, 0.15) is 5.76 Å². The first-order chi connectivity index (χ1) is 13.1. The van der Waals surface area contributed by atoms with Crippen LogP contribution in [-0.4, -0.2) is 32.5 Å². The smallest absolute Gasteiger partial charge is 0.233 e. The maximum absolute atomic E-state index is 12.5. The topological polar surface area (TPSA) is 73.0 Å². The van der Waals surface area contributed by atoms with E-state index in [0.717, 1.165) is 23.7 Å². The number of thioether (sulfide) groups is 1. The summed E-state index contributed by atoms with van der Waals surface area (Å²) in [7, 11) is 0. The van der Waals surface area contributed by atoms with E-state index in [4.69, 9.17) is 4.42 Å². The van der Waals surface area contributed by atoms with Gasteiger partial charge in [-0.15, -0.1) is 16.8 Å². The van der Waals surface area contributed by atoms with Gasteiger partial charge >= 0.3 is 0 Å². The first-order valence-electron chi connectivity index (χ1n) is 9.63. The molecule has 1 fully saturated rings. The molecule has 1 aliphatic carbocycles. The minimum Gasteiger partial charge on any atom is -0.469 e. The summed E-state index contributed by atoms with van der Waals surface area (Å²) in [5.74, 6) is 2.21. The number of hydrogen-bond acceptors (Lipinski definition) is 5. The van der Waals surface area contributed by atoms with Crippen molar-refractivity contribution in [1.82, 2.24) is 20.1 Å². The molecule has 0 radical (unpaired) electrons. The predicted octanol–water partition coefficient (Wildman–Crippen LogP) is 4.21. The summed E-state index contributed by atoms with van der Waals surface area (Å²) in [6.45, 7) is 9.00. The average Bonchev–Trinajstić information content (AvgIpc) is 3.27. The summed E-state index contributed by atoms with van der Waals surface area (Å²) in [6.07, 6.45) is 9.79. The Hall–Kier alpha value is -2.02. The lowest BCUT2D eigenvalue weighted by molar-refractivity contribution is -0.120. The Balaban J connectivity index is 1.65. The molecular formula is C20H28N4O2S. The van der Waals surface area contributed by atoms with E-state index in [2.05, 4.69) is 22.1 Å². The highest BCUT2D eigenvalue weighted by atomic mass is 32.2. The molecule has 2 heterocycles. The molecule has 6 nitrogen and oxygen atoms in total. The van der Waals surface area contributed by atoms with E-state index in [1.54, 1.807) is 12.3 Å². The van der Waals surface area contributed by atoms with Gasteiger partial charge in [0.15, 0.2) is 11.0 Å². The zero-order valence-corrected chi connectivity index (χ0v) is 16.9. The fourth-order valence-corrected chi connectivity index (χ4v) is 4.36. The van der Waals surface area contributed by atoms with Crippen LogP contribution in [0.2, 0.25) is 0 Å². The van der Waals surface area contributed by atoms with Crippen molar-refractivity contribution in [3.05, 3.63) is 30.7 Å². The number of carbonyl (C=O) groups excluding carboxylic acids is 1. The fraction of sp³-hybridized carbons (Fsp3) is 0.550. The van der Waals surface area contributed by atoms with Crippen LogP contribution >= 0.6 is 11.8 Å². The molecule has 3 rings (SSSR count). The third-order valence-corrected chi connectivity index (χ3v) is 6.15. The minimum atomic E-state index is -0.236. The Labute approximate surface area is 164 Å². The molecule has 1 amide bonds. The van der Waals surface area contributed by atoms with Crippen molar-refractivity contribution in [2.75, 3.05) is 6.54 Å². The van der Waals surface area contributed by atoms with Crippen LogP contribution < -0.4 is 5.32 Å². The molecule has 1 atom stereocenters. The highest BCUT2D eigenvalue weighted by Gasteiger charge is 2.22. The standard InChI is InChI=1S/C20H28N4O2S/c1-4-11-24-18(17-10-12-26-14(17)2)22-23-20(24)27-15(3)19(25)21-13-16-8-6-5-7-9-16/h4,10,12,15-16H,1,5-9,11,13H2,2-3H3,(H,21,25). The predicted molar refractivity (Wildman–Crippen MR) is 108 cm³/mol. The Morgan fingerprint density at radius 3 is 2.89 bits per heavy atom. The van der Waals surface area contributed by atoms with Crippen molar-refractivity contribution in [2.45, 2.75) is 62.9 Å². The monoisotopic (exact) mass is 388 g/mol. The lowest BCUT2D eigenvalue weighted by Crippen LogP contribution is -2.35. The summed E-state index contributed by atoms with van der Waals surface area (Å²) in [4.78, 5) is 12.5. The third-order valence-electron chi connectivity index (χ3n) is 5.07. The molecule has 2 aromatic rings. The lowest BCUT2D eigenvalue weighted by Gasteiger charge is -2.22. The van der Waals surface area contributed by atoms with Gasteiger partial charge in [-0.1, -0.05) is 37.1 Å². The molecule has 1 aliphatic rings. The first kappa shape index (κ1) is 19.7. The van der Waals surface area contributed by atoms with Crippen molar-refractivity contribution in [3.63, 3.8) is 0 Å². The number of nitrogens with zero attached hydrogens (tertiary/aromatic N) is 3. The molecule has 0 aliphatic heterocycles. The Morgan fingerprint density at radius 2 is 2.22 bits per heavy atom. The number of allylic oxidation sites excluding steroid dienone is 1. The van der Waals surface area contributed by atoms with E-state index < -0.39 is 0 Å². The van der Waals surface area contributed by atoms with E-state index in [-0.39, 0.29) is 11.2 Å². The van der Waals surface area contributed by atoms with Crippen LogP contribution in [0, 0.1) is 12.8 Å². The van der Waals surface area contributed by atoms with Crippen molar-refractivity contribution >= 4 is 17.7 Å². The van der Waals surface area contributed by atoms with E-state index in [0.29, 0.717) is 17.6 Å². The Morgan fingerprint density at radius 1 is 1.44 bits per heavy atom. The summed E-state index contributed by atoms with van der Waals surface area (Å²) < 4.78 is 7.36. The van der Waals surface area contributed by atoms with Gasteiger partial charge in [0.05, 0.1) is 17.1 Å². The van der Waals surface area contributed by atoms with Crippen molar-refractivity contribution in [2.24, 2.45) is 5.92 Å². The van der Waals surface area contributed by atoms with Crippen LogP contribution in [-0.2, 0) is 11.3 Å². The number of aromatic nitrogens is 3. The normalized spacial score (nSPS) is 16.2. The average molecular weight is 389 g/mol. The summed E-state index contributed by atoms with van der Waals surface area (Å²) in [6, 6.07) is 1.88. The molecule has 1 N–H and O–H groups in total. The van der Waals surface area contributed by atoms with Gasteiger partial charge in [-0.25, -0.2) is 0 Å². The Bertz CT molecular complexity index is 777. The lowest BCUT2D eigenvalue weighted by atomic mass is 9.89. The van der Waals surface area contributed by atoms with E-state index in [1.807, 2.05) is 24.5 Å². The largest absolute Gasteiger partial charge is 0.469 e. The number of rotatable bonds is 8. The summed E-state index contributed by atoms with van der Waals surface area (Å²) in [5.41, 5.74) is 0.908. The molecule has 0 aromatic carbocycles. The molecule has 0 spiro atoms.